The Morgan fingerprint density at radius 1 is 1.53 bits per heavy atom. The SMILES string of the molecule is CCCCSc1ccc(NN=O)nc1.[Na+]. The summed E-state index contributed by atoms with van der Waals surface area (Å²) in [6, 6.07) is 3.68. The van der Waals surface area contributed by atoms with Crippen LogP contribution in [0.4, 0.5) is 5.82 Å². The van der Waals surface area contributed by atoms with E-state index in [0.717, 1.165) is 10.6 Å². The Morgan fingerprint density at radius 3 is 2.87 bits per heavy atom. The van der Waals surface area contributed by atoms with Crippen LogP contribution in [0.3, 0.4) is 0 Å². The summed E-state index contributed by atoms with van der Waals surface area (Å²) in [5.41, 5.74) is 2.25. The predicted molar refractivity (Wildman–Crippen MR) is 59.3 cm³/mol. The van der Waals surface area contributed by atoms with Gasteiger partial charge in [-0.15, -0.1) is 16.7 Å². The van der Waals surface area contributed by atoms with Crippen molar-refractivity contribution in [3.63, 3.8) is 0 Å². The van der Waals surface area contributed by atoms with E-state index >= 15 is 0 Å². The number of hydrogen-bond donors (Lipinski definition) is 1. The first-order chi connectivity index (χ1) is 6.86. The number of nitrogens with one attached hydrogen (secondary N) is 1. The smallest absolute Gasteiger partial charge is 0.236 e. The molecule has 0 aromatic carbocycles. The van der Waals surface area contributed by atoms with Crippen LogP contribution < -0.4 is 35.0 Å². The number of hydrogen-bond acceptors (Lipinski definition) is 4. The number of aromatic nitrogens is 1. The molecule has 1 heterocycles. The first-order valence-electron chi connectivity index (χ1n) is 4.54. The van der Waals surface area contributed by atoms with Crippen LogP contribution in [0.1, 0.15) is 19.8 Å². The fraction of sp³-hybridized carbons (Fsp3) is 0.444. The van der Waals surface area contributed by atoms with Gasteiger partial charge in [-0.1, -0.05) is 13.3 Å². The van der Waals surface area contributed by atoms with Crippen molar-refractivity contribution < 1.29 is 29.6 Å². The second-order valence-electron chi connectivity index (χ2n) is 2.78. The van der Waals surface area contributed by atoms with Crippen molar-refractivity contribution in [1.29, 1.82) is 0 Å². The number of thioether (sulfide) groups is 1. The summed E-state index contributed by atoms with van der Waals surface area (Å²) in [5, 5.41) is 2.54. The van der Waals surface area contributed by atoms with Crippen LogP contribution in [0.25, 0.3) is 0 Å². The quantitative estimate of drug-likeness (QED) is 0.249. The Morgan fingerprint density at radius 2 is 2.33 bits per heavy atom. The van der Waals surface area contributed by atoms with Crippen LogP contribution in [0.2, 0.25) is 0 Å². The van der Waals surface area contributed by atoms with Crippen molar-refractivity contribution in [2.45, 2.75) is 24.7 Å². The summed E-state index contributed by atoms with van der Waals surface area (Å²) in [4.78, 5) is 15.0. The van der Waals surface area contributed by atoms with Crippen molar-refractivity contribution in [2.24, 2.45) is 5.29 Å². The summed E-state index contributed by atoms with van der Waals surface area (Å²) < 4.78 is 0. The molecule has 15 heavy (non-hydrogen) atoms. The summed E-state index contributed by atoms with van der Waals surface area (Å²) in [6.07, 6.45) is 4.16. The van der Waals surface area contributed by atoms with Gasteiger partial charge in [-0.25, -0.2) is 10.4 Å². The standard InChI is InChI=1S/C9H13N3OS.Na/c1-2-3-6-14-8-4-5-9(10-7-8)11-12-13;/h4-5,7H,2-3,6H2,1H3,(H,10,11,13);/q;+1. The average Bonchev–Trinajstić information content (AvgIpc) is 2.21. The van der Waals surface area contributed by atoms with Gasteiger partial charge in [-0.3, -0.25) is 0 Å². The molecule has 0 atom stereocenters. The van der Waals surface area contributed by atoms with E-state index in [-0.39, 0.29) is 29.6 Å². The minimum Gasteiger partial charge on any atom is -0.236 e. The maximum Gasteiger partial charge on any atom is 1.00 e. The summed E-state index contributed by atoms with van der Waals surface area (Å²) in [6.45, 7) is 2.17. The molecule has 1 aromatic heterocycles. The number of unbranched alkanes of at least 4 members (excludes halogenated alkanes) is 1. The first kappa shape index (κ1) is 14.9. The van der Waals surface area contributed by atoms with E-state index in [2.05, 4.69) is 22.6 Å². The topological polar surface area (TPSA) is 54.4 Å². The molecule has 0 saturated heterocycles. The Kier molecular flexibility index (Phi) is 9.09. The molecule has 0 spiro atoms. The molecule has 4 nitrogen and oxygen atoms in total. The summed E-state index contributed by atoms with van der Waals surface area (Å²) >= 11 is 1.77. The van der Waals surface area contributed by atoms with Crippen LogP contribution in [0, 0.1) is 4.91 Å². The maximum atomic E-state index is 9.86. The van der Waals surface area contributed by atoms with E-state index in [0.29, 0.717) is 5.82 Å². The molecular formula is C9H13N3NaOS+. The number of pyridine rings is 1. The molecule has 1 rings (SSSR count). The predicted octanol–water partition coefficient (Wildman–Crippen LogP) is 0.0711. The van der Waals surface area contributed by atoms with E-state index < -0.39 is 0 Å². The van der Waals surface area contributed by atoms with Gasteiger partial charge in [0.25, 0.3) is 0 Å². The van der Waals surface area contributed by atoms with Crippen LogP contribution in [0.5, 0.6) is 0 Å². The zero-order valence-electron chi connectivity index (χ0n) is 9.06. The molecule has 0 saturated carbocycles. The third-order valence-corrected chi connectivity index (χ3v) is 2.73. The Bertz CT molecular complexity index is 281. The van der Waals surface area contributed by atoms with Crippen molar-refractivity contribution in [3.8, 4) is 0 Å². The third-order valence-electron chi connectivity index (χ3n) is 1.66. The van der Waals surface area contributed by atoms with Crippen LogP contribution in [-0.4, -0.2) is 10.7 Å². The van der Waals surface area contributed by atoms with Gasteiger partial charge in [0, 0.05) is 11.1 Å². The first-order valence-corrected chi connectivity index (χ1v) is 5.52. The van der Waals surface area contributed by atoms with Gasteiger partial charge in [-0.05, 0) is 24.3 Å². The van der Waals surface area contributed by atoms with E-state index in [1.165, 1.54) is 12.8 Å². The average molecular weight is 234 g/mol. The molecule has 0 unspecified atom stereocenters. The molecule has 1 N–H and O–H groups in total. The van der Waals surface area contributed by atoms with Gasteiger partial charge >= 0.3 is 29.6 Å². The van der Waals surface area contributed by atoms with Gasteiger partial charge in [-0.2, -0.15) is 0 Å². The molecule has 0 aliphatic carbocycles. The molecule has 1 aromatic rings. The molecule has 0 amide bonds. The number of nitroso groups, excluding NO2 is 1. The van der Waals surface area contributed by atoms with Crippen molar-refractivity contribution in [1.82, 2.24) is 4.98 Å². The van der Waals surface area contributed by atoms with Gasteiger partial charge in [0.15, 0.2) is 0 Å². The zero-order chi connectivity index (χ0) is 10.2. The van der Waals surface area contributed by atoms with E-state index in [1.807, 2.05) is 6.07 Å². The summed E-state index contributed by atoms with van der Waals surface area (Å²) in [5.74, 6) is 1.59. The van der Waals surface area contributed by atoms with E-state index in [4.69, 9.17) is 0 Å². The fourth-order valence-electron chi connectivity index (χ4n) is 0.913. The third kappa shape index (κ3) is 6.14. The van der Waals surface area contributed by atoms with E-state index in [1.54, 1.807) is 24.0 Å². The van der Waals surface area contributed by atoms with Gasteiger partial charge in [0.05, 0.1) is 5.29 Å². The Labute approximate surface area is 116 Å². The van der Waals surface area contributed by atoms with Crippen LogP contribution in [-0.2, 0) is 0 Å². The van der Waals surface area contributed by atoms with Crippen LogP contribution >= 0.6 is 11.8 Å². The molecule has 0 fully saturated rings. The molecule has 6 heteroatoms. The monoisotopic (exact) mass is 234 g/mol. The molecule has 76 valence electrons. The largest absolute Gasteiger partial charge is 1.00 e. The minimum atomic E-state index is 0. The van der Waals surface area contributed by atoms with E-state index in [9.17, 15) is 4.91 Å². The fourth-order valence-corrected chi connectivity index (χ4v) is 1.87. The molecule has 0 bridgehead atoms. The Balaban J connectivity index is 0.00000196. The van der Waals surface area contributed by atoms with Crippen molar-refractivity contribution in [3.05, 3.63) is 23.2 Å². The van der Waals surface area contributed by atoms with Gasteiger partial charge < -0.3 is 0 Å². The van der Waals surface area contributed by atoms with Crippen molar-refractivity contribution >= 4 is 17.6 Å². The van der Waals surface area contributed by atoms with Crippen LogP contribution in [0.15, 0.2) is 28.5 Å². The summed E-state index contributed by atoms with van der Waals surface area (Å²) in [7, 11) is 0. The molecule has 0 radical (unpaired) electrons. The normalized spacial score (nSPS) is 9.13. The molecule has 0 aliphatic rings. The number of nitrogens with zero attached hydrogens (tertiary/aromatic N) is 2. The Hall–Kier alpha value is -0.100. The van der Waals surface area contributed by atoms with Gasteiger partial charge in [0.1, 0.15) is 5.82 Å². The second-order valence-corrected chi connectivity index (χ2v) is 3.95. The van der Waals surface area contributed by atoms with Gasteiger partial charge in [0.2, 0.25) is 0 Å². The zero-order valence-corrected chi connectivity index (χ0v) is 11.9. The number of anilines is 1. The molecule has 0 aliphatic heterocycles. The maximum absolute atomic E-state index is 9.86. The second kappa shape index (κ2) is 9.15. The van der Waals surface area contributed by atoms with Crippen molar-refractivity contribution in [2.75, 3.05) is 11.2 Å². The number of rotatable bonds is 6. The molecular weight excluding hydrogens is 221 g/mol. The minimum absolute atomic E-state index is 0.